The summed E-state index contributed by atoms with van der Waals surface area (Å²) < 4.78 is 0.731. The number of amides is 3. The third kappa shape index (κ3) is 4.88. The van der Waals surface area contributed by atoms with Crippen molar-refractivity contribution in [1.29, 1.82) is 0 Å². The molecule has 1 aliphatic rings. The van der Waals surface area contributed by atoms with E-state index in [0.29, 0.717) is 12.5 Å². The van der Waals surface area contributed by atoms with Crippen LogP contribution in [-0.2, 0) is 4.79 Å². The predicted molar refractivity (Wildman–Crippen MR) is 89.3 cm³/mol. The van der Waals surface area contributed by atoms with E-state index in [1.807, 2.05) is 24.0 Å². The Balaban J connectivity index is 1.76. The highest BCUT2D eigenvalue weighted by Gasteiger charge is 2.24. The zero-order valence-electron chi connectivity index (χ0n) is 12.9. The number of halogens is 1. The van der Waals surface area contributed by atoms with Crippen molar-refractivity contribution in [2.45, 2.75) is 32.7 Å². The molecule has 2 N–H and O–H groups in total. The lowest BCUT2D eigenvalue weighted by Crippen LogP contribution is -2.46. The molecule has 3 amide bonds. The lowest BCUT2D eigenvalue weighted by atomic mass is 9.97. The van der Waals surface area contributed by atoms with Crippen molar-refractivity contribution in [3.8, 4) is 0 Å². The van der Waals surface area contributed by atoms with Gasteiger partial charge in [0.25, 0.3) is 0 Å². The molecule has 0 aromatic carbocycles. The lowest BCUT2D eigenvalue weighted by molar-refractivity contribution is -0.119. The second-order valence-corrected chi connectivity index (χ2v) is 7.43. The number of hydrogen-bond acceptors (Lipinski definition) is 3. The van der Waals surface area contributed by atoms with Crippen molar-refractivity contribution in [3.63, 3.8) is 0 Å². The van der Waals surface area contributed by atoms with Crippen LogP contribution in [0.25, 0.3) is 0 Å². The van der Waals surface area contributed by atoms with Crippen molar-refractivity contribution in [1.82, 2.24) is 15.5 Å². The standard InChI is InChI=1S/C15H22ClN3O2S/c1-10(13-3-4-14(16)22-13)18-15(21)19-7-5-12(6-8-19)9-17-11(2)20/h3-4,10,12H,5-9H2,1-2H3,(H,17,20)(H,18,21)/t10-/m1/s1. The first-order chi connectivity index (χ1) is 10.5. The summed E-state index contributed by atoms with van der Waals surface area (Å²) in [7, 11) is 0. The first-order valence-electron chi connectivity index (χ1n) is 7.51. The van der Waals surface area contributed by atoms with Crippen molar-refractivity contribution in [2.75, 3.05) is 19.6 Å². The van der Waals surface area contributed by atoms with Gasteiger partial charge < -0.3 is 15.5 Å². The summed E-state index contributed by atoms with van der Waals surface area (Å²) in [6.45, 7) is 5.65. The van der Waals surface area contributed by atoms with Gasteiger partial charge in [0, 0.05) is 31.4 Å². The van der Waals surface area contributed by atoms with E-state index in [-0.39, 0.29) is 18.0 Å². The lowest BCUT2D eigenvalue weighted by Gasteiger charge is -2.32. The number of nitrogens with zero attached hydrogens (tertiary/aromatic N) is 1. The van der Waals surface area contributed by atoms with Crippen LogP contribution in [0, 0.1) is 5.92 Å². The minimum atomic E-state index is -0.0397. The van der Waals surface area contributed by atoms with Crippen molar-refractivity contribution < 1.29 is 9.59 Å². The molecule has 0 saturated carbocycles. The van der Waals surface area contributed by atoms with E-state index in [1.165, 1.54) is 18.3 Å². The molecule has 122 valence electrons. The van der Waals surface area contributed by atoms with Gasteiger partial charge in [-0.3, -0.25) is 4.79 Å². The van der Waals surface area contributed by atoms with Gasteiger partial charge in [-0.15, -0.1) is 11.3 Å². The number of hydrogen-bond donors (Lipinski definition) is 2. The van der Waals surface area contributed by atoms with Crippen LogP contribution in [0.15, 0.2) is 12.1 Å². The Morgan fingerprint density at radius 3 is 2.64 bits per heavy atom. The van der Waals surface area contributed by atoms with Crippen molar-refractivity contribution in [2.24, 2.45) is 5.92 Å². The maximum Gasteiger partial charge on any atom is 0.317 e. The van der Waals surface area contributed by atoms with Gasteiger partial charge in [0.2, 0.25) is 5.91 Å². The summed E-state index contributed by atoms with van der Waals surface area (Å²) in [5, 5.41) is 5.86. The number of carbonyl (C=O) groups excluding carboxylic acids is 2. The van der Waals surface area contributed by atoms with Gasteiger partial charge in [-0.1, -0.05) is 11.6 Å². The number of rotatable bonds is 4. The van der Waals surface area contributed by atoms with E-state index >= 15 is 0 Å². The number of likely N-dealkylation sites (tertiary alicyclic amines) is 1. The zero-order valence-corrected chi connectivity index (χ0v) is 14.5. The Bertz CT molecular complexity index is 527. The second kappa shape index (κ2) is 7.83. The maximum atomic E-state index is 12.3. The van der Waals surface area contributed by atoms with Gasteiger partial charge in [-0.25, -0.2) is 4.79 Å². The van der Waals surface area contributed by atoms with E-state index in [0.717, 1.165) is 35.1 Å². The first-order valence-corrected chi connectivity index (χ1v) is 8.70. The quantitative estimate of drug-likeness (QED) is 0.882. The molecule has 7 heteroatoms. The molecule has 1 fully saturated rings. The Morgan fingerprint density at radius 2 is 2.09 bits per heavy atom. The second-order valence-electron chi connectivity index (χ2n) is 5.68. The van der Waals surface area contributed by atoms with Crippen LogP contribution in [0.5, 0.6) is 0 Å². The molecule has 0 bridgehead atoms. The number of piperidine rings is 1. The number of nitrogens with one attached hydrogen (secondary N) is 2. The van der Waals surface area contributed by atoms with Crippen molar-refractivity contribution >= 4 is 34.9 Å². The van der Waals surface area contributed by atoms with E-state index < -0.39 is 0 Å². The molecular weight excluding hydrogens is 322 g/mol. The number of carbonyl (C=O) groups is 2. The molecule has 1 saturated heterocycles. The van der Waals surface area contributed by atoms with E-state index in [9.17, 15) is 9.59 Å². The highest BCUT2D eigenvalue weighted by atomic mass is 35.5. The molecule has 0 aliphatic carbocycles. The molecule has 0 radical (unpaired) electrons. The molecule has 2 heterocycles. The molecule has 1 aliphatic heterocycles. The Morgan fingerprint density at radius 1 is 1.41 bits per heavy atom. The normalized spacial score (nSPS) is 17.1. The molecular formula is C15H22ClN3O2S. The van der Waals surface area contributed by atoms with Gasteiger partial charge in [-0.2, -0.15) is 0 Å². The number of thiophene rings is 1. The Hall–Kier alpha value is -1.27. The van der Waals surface area contributed by atoms with Gasteiger partial charge in [0.15, 0.2) is 0 Å². The van der Waals surface area contributed by atoms with Crippen LogP contribution in [0.3, 0.4) is 0 Å². The highest BCUT2D eigenvalue weighted by Crippen LogP contribution is 2.27. The fourth-order valence-corrected chi connectivity index (χ4v) is 3.60. The molecule has 22 heavy (non-hydrogen) atoms. The van der Waals surface area contributed by atoms with Crippen LogP contribution in [0.4, 0.5) is 4.79 Å². The van der Waals surface area contributed by atoms with Crippen LogP contribution < -0.4 is 10.6 Å². The fourth-order valence-electron chi connectivity index (χ4n) is 2.54. The van der Waals surface area contributed by atoms with Crippen LogP contribution in [-0.4, -0.2) is 36.5 Å². The monoisotopic (exact) mass is 343 g/mol. The highest BCUT2D eigenvalue weighted by molar-refractivity contribution is 7.16. The summed E-state index contributed by atoms with van der Waals surface area (Å²) in [4.78, 5) is 26.1. The molecule has 0 unspecified atom stereocenters. The third-order valence-electron chi connectivity index (χ3n) is 3.90. The van der Waals surface area contributed by atoms with Crippen LogP contribution >= 0.6 is 22.9 Å². The zero-order chi connectivity index (χ0) is 16.1. The molecule has 0 spiro atoms. The minimum Gasteiger partial charge on any atom is -0.356 e. The molecule has 1 atom stereocenters. The van der Waals surface area contributed by atoms with Gasteiger partial charge in [-0.05, 0) is 37.8 Å². The first kappa shape index (κ1) is 17.1. The predicted octanol–water partition coefficient (Wildman–Crippen LogP) is 3.02. The van der Waals surface area contributed by atoms with Crippen LogP contribution in [0.1, 0.15) is 37.6 Å². The van der Waals surface area contributed by atoms with Gasteiger partial charge in [0.1, 0.15) is 0 Å². The average Bonchev–Trinajstić information content (AvgIpc) is 2.92. The number of urea groups is 1. The maximum absolute atomic E-state index is 12.3. The topological polar surface area (TPSA) is 61.4 Å². The molecule has 5 nitrogen and oxygen atoms in total. The molecule has 1 aromatic heterocycles. The average molecular weight is 344 g/mol. The van der Waals surface area contributed by atoms with Gasteiger partial charge >= 0.3 is 6.03 Å². The summed E-state index contributed by atoms with van der Waals surface area (Å²) in [5.74, 6) is 0.463. The summed E-state index contributed by atoms with van der Waals surface area (Å²) in [6, 6.07) is 3.71. The summed E-state index contributed by atoms with van der Waals surface area (Å²) in [6.07, 6.45) is 1.85. The van der Waals surface area contributed by atoms with Crippen LogP contribution in [0.2, 0.25) is 4.34 Å². The molecule has 2 rings (SSSR count). The largest absolute Gasteiger partial charge is 0.356 e. The molecule has 1 aromatic rings. The Kier molecular flexibility index (Phi) is 6.08. The fraction of sp³-hybridized carbons (Fsp3) is 0.600. The van der Waals surface area contributed by atoms with E-state index in [1.54, 1.807) is 0 Å². The smallest absolute Gasteiger partial charge is 0.317 e. The third-order valence-corrected chi connectivity index (χ3v) is 5.32. The van der Waals surface area contributed by atoms with Crippen molar-refractivity contribution in [3.05, 3.63) is 21.3 Å². The Labute approximate surface area is 140 Å². The minimum absolute atomic E-state index is 0.00334. The van der Waals surface area contributed by atoms with E-state index in [4.69, 9.17) is 11.6 Å². The summed E-state index contributed by atoms with van der Waals surface area (Å²) >= 11 is 7.41. The SMILES string of the molecule is CC(=O)NCC1CCN(C(=O)N[C@H](C)c2ccc(Cl)s2)CC1. The summed E-state index contributed by atoms with van der Waals surface area (Å²) in [5.41, 5.74) is 0. The van der Waals surface area contributed by atoms with Gasteiger partial charge in [0.05, 0.1) is 10.4 Å². The van der Waals surface area contributed by atoms with E-state index in [2.05, 4.69) is 10.6 Å².